The minimum Gasteiger partial charge on any atom is -0.330 e. The molecule has 0 aromatic heterocycles. The maximum Gasteiger partial charge on any atom is 0.0661 e. The summed E-state index contributed by atoms with van der Waals surface area (Å²) in [6, 6.07) is 13.9. The fourth-order valence-electron chi connectivity index (χ4n) is 4.21. The Hall–Kier alpha value is -2.34. The Morgan fingerprint density at radius 3 is 2.43 bits per heavy atom. The first-order valence-electron chi connectivity index (χ1n) is 10.9. The van der Waals surface area contributed by atoms with Crippen LogP contribution in [0.4, 0.5) is 11.4 Å². The van der Waals surface area contributed by atoms with Gasteiger partial charge in [-0.25, -0.2) is 0 Å². The highest BCUT2D eigenvalue weighted by molar-refractivity contribution is 5.74. The molecule has 0 saturated carbocycles. The summed E-state index contributed by atoms with van der Waals surface area (Å²) in [6.07, 6.45) is 3.83. The van der Waals surface area contributed by atoms with Crippen LogP contribution in [0.1, 0.15) is 31.4 Å². The third kappa shape index (κ3) is 5.85. The molecule has 0 bridgehead atoms. The van der Waals surface area contributed by atoms with Gasteiger partial charge in [0.25, 0.3) is 0 Å². The zero-order valence-electron chi connectivity index (χ0n) is 18.6. The normalized spacial score (nSPS) is 20.0. The standard InChI is InChI=1S/C25H35N5/c1-18-6-7-22(23-9-8-21(10-11-26)25(15-23)27-4)14-24(18)28-12-5-13-30-16-19(2)29-20(3)17-30/h6-9,12,14-15,19-20,29H,4-5,10-11,13,16-17,26H2,1-3H3. The van der Waals surface area contributed by atoms with Gasteiger partial charge in [-0.3, -0.25) is 14.9 Å². The van der Waals surface area contributed by atoms with Gasteiger partial charge in [0.2, 0.25) is 0 Å². The summed E-state index contributed by atoms with van der Waals surface area (Å²) in [5, 5.41) is 3.58. The Morgan fingerprint density at radius 2 is 1.77 bits per heavy atom. The molecule has 3 N–H and O–H groups in total. The summed E-state index contributed by atoms with van der Waals surface area (Å²) in [5.41, 5.74) is 12.2. The SMILES string of the molecule is C=Nc1cc(-c2ccc(C)c(N=CCCN3CC(C)NC(C)C3)c2)ccc1CCN. The van der Waals surface area contributed by atoms with Crippen molar-refractivity contribution in [2.75, 3.05) is 26.2 Å². The van der Waals surface area contributed by atoms with Crippen molar-refractivity contribution in [3.8, 4) is 11.1 Å². The smallest absolute Gasteiger partial charge is 0.0661 e. The van der Waals surface area contributed by atoms with E-state index in [1.165, 1.54) is 5.56 Å². The average Bonchev–Trinajstić information content (AvgIpc) is 2.72. The lowest BCUT2D eigenvalue weighted by Gasteiger charge is -2.35. The number of aryl methyl sites for hydroxylation is 1. The van der Waals surface area contributed by atoms with E-state index < -0.39 is 0 Å². The molecule has 5 nitrogen and oxygen atoms in total. The van der Waals surface area contributed by atoms with Gasteiger partial charge in [0.05, 0.1) is 11.4 Å². The molecule has 2 unspecified atom stereocenters. The second-order valence-electron chi connectivity index (χ2n) is 8.37. The molecular weight excluding hydrogens is 370 g/mol. The van der Waals surface area contributed by atoms with Gasteiger partial charge in [0, 0.05) is 37.9 Å². The fraction of sp³-hybridized carbons (Fsp3) is 0.440. The summed E-state index contributed by atoms with van der Waals surface area (Å²) in [4.78, 5) is 11.5. The largest absolute Gasteiger partial charge is 0.330 e. The fourth-order valence-corrected chi connectivity index (χ4v) is 4.21. The first-order valence-corrected chi connectivity index (χ1v) is 10.9. The van der Waals surface area contributed by atoms with E-state index in [0.29, 0.717) is 18.6 Å². The molecule has 0 radical (unpaired) electrons. The van der Waals surface area contributed by atoms with Crippen LogP contribution >= 0.6 is 0 Å². The molecule has 0 aliphatic carbocycles. The predicted molar refractivity (Wildman–Crippen MR) is 130 cm³/mol. The highest BCUT2D eigenvalue weighted by Gasteiger charge is 2.19. The second kappa shape index (κ2) is 10.6. The Labute approximate surface area is 181 Å². The molecule has 1 heterocycles. The van der Waals surface area contributed by atoms with Crippen LogP contribution in [0.2, 0.25) is 0 Å². The molecule has 160 valence electrons. The van der Waals surface area contributed by atoms with Crippen LogP contribution in [0, 0.1) is 6.92 Å². The third-order valence-electron chi connectivity index (χ3n) is 5.65. The molecule has 2 aromatic rings. The second-order valence-corrected chi connectivity index (χ2v) is 8.37. The highest BCUT2D eigenvalue weighted by atomic mass is 15.2. The lowest BCUT2D eigenvalue weighted by molar-refractivity contribution is 0.178. The van der Waals surface area contributed by atoms with E-state index in [1.807, 2.05) is 0 Å². The highest BCUT2D eigenvalue weighted by Crippen LogP contribution is 2.31. The van der Waals surface area contributed by atoms with E-state index in [9.17, 15) is 0 Å². The molecule has 1 aliphatic rings. The summed E-state index contributed by atoms with van der Waals surface area (Å²) in [6.45, 7) is 14.2. The van der Waals surface area contributed by atoms with Crippen LogP contribution < -0.4 is 11.1 Å². The summed E-state index contributed by atoms with van der Waals surface area (Å²) in [7, 11) is 0. The van der Waals surface area contributed by atoms with Gasteiger partial charge in [-0.05, 0) is 81.3 Å². The van der Waals surface area contributed by atoms with Crippen LogP contribution in [0.5, 0.6) is 0 Å². The van der Waals surface area contributed by atoms with E-state index >= 15 is 0 Å². The van der Waals surface area contributed by atoms with Crippen molar-refractivity contribution >= 4 is 24.3 Å². The van der Waals surface area contributed by atoms with Crippen molar-refractivity contribution in [3.05, 3.63) is 47.5 Å². The number of benzene rings is 2. The zero-order valence-corrected chi connectivity index (χ0v) is 18.6. The predicted octanol–water partition coefficient (Wildman–Crippen LogP) is 4.27. The number of rotatable bonds is 8. The summed E-state index contributed by atoms with van der Waals surface area (Å²) >= 11 is 0. The van der Waals surface area contributed by atoms with Crippen LogP contribution in [0.3, 0.4) is 0 Å². The number of aliphatic imine (C=N–C) groups is 2. The maximum atomic E-state index is 5.70. The van der Waals surface area contributed by atoms with E-state index in [1.54, 1.807) is 0 Å². The van der Waals surface area contributed by atoms with Crippen molar-refractivity contribution in [2.45, 2.75) is 45.7 Å². The maximum absolute atomic E-state index is 5.70. The summed E-state index contributed by atoms with van der Waals surface area (Å²) < 4.78 is 0. The van der Waals surface area contributed by atoms with Crippen molar-refractivity contribution < 1.29 is 0 Å². The topological polar surface area (TPSA) is 66.0 Å². The number of piperazine rings is 1. The Morgan fingerprint density at radius 1 is 1.10 bits per heavy atom. The van der Waals surface area contributed by atoms with Gasteiger partial charge < -0.3 is 11.1 Å². The van der Waals surface area contributed by atoms with Gasteiger partial charge in [-0.1, -0.05) is 24.3 Å². The number of nitrogens with zero attached hydrogens (tertiary/aromatic N) is 3. The summed E-state index contributed by atoms with van der Waals surface area (Å²) in [5.74, 6) is 0. The molecule has 0 amide bonds. The van der Waals surface area contributed by atoms with Gasteiger partial charge in [0.1, 0.15) is 0 Å². The van der Waals surface area contributed by atoms with Crippen molar-refractivity contribution in [1.82, 2.24) is 10.2 Å². The molecule has 1 saturated heterocycles. The molecule has 1 aliphatic heterocycles. The molecule has 3 rings (SSSR count). The first-order chi connectivity index (χ1) is 14.5. The molecular formula is C25H35N5. The number of nitrogens with one attached hydrogen (secondary N) is 1. The van der Waals surface area contributed by atoms with Gasteiger partial charge in [-0.2, -0.15) is 0 Å². The van der Waals surface area contributed by atoms with E-state index in [4.69, 9.17) is 10.7 Å². The van der Waals surface area contributed by atoms with Crippen LogP contribution in [0.25, 0.3) is 11.1 Å². The van der Waals surface area contributed by atoms with Crippen molar-refractivity contribution in [3.63, 3.8) is 0 Å². The monoisotopic (exact) mass is 405 g/mol. The third-order valence-corrected chi connectivity index (χ3v) is 5.65. The molecule has 0 spiro atoms. The minimum absolute atomic E-state index is 0.552. The molecule has 30 heavy (non-hydrogen) atoms. The van der Waals surface area contributed by atoms with Crippen LogP contribution in [0.15, 0.2) is 46.4 Å². The van der Waals surface area contributed by atoms with Crippen LogP contribution in [-0.2, 0) is 6.42 Å². The van der Waals surface area contributed by atoms with Gasteiger partial charge >= 0.3 is 0 Å². The Balaban J connectivity index is 1.69. The number of hydrogen-bond donors (Lipinski definition) is 2. The van der Waals surface area contributed by atoms with E-state index in [2.05, 4.69) is 85.3 Å². The Kier molecular flexibility index (Phi) is 7.91. The molecule has 2 atom stereocenters. The van der Waals surface area contributed by atoms with E-state index in [-0.39, 0.29) is 0 Å². The molecule has 2 aromatic carbocycles. The average molecular weight is 406 g/mol. The molecule has 1 fully saturated rings. The number of nitrogens with two attached hydrogens (primary N) is 1. The zero-order chi connectivity index (χ0) is 21.5. The number of hydrogen-bond acceptors (Lipinski definition) is 5. The Bertz CT molecular complexity index is 879. The van der Waals surface area contributed by atoms with Gasteiger partial charge in [-0.15, -0.1) is 0 Å². The quantitative estimate of drug-likeness (QED) is 0.645. The molecule has 5 heteroatoms. The van der Waals surface area contributed by atoms with Gasteiger partial charge in [0.15, 0.2) is 0 Å². The first kappa shape index (κ1) is 22.3. The van der Waals surface area contributed by atoms with Crippen LogP contribution in [-0.4, -0.2) is 56.1 Å². The minimum atomic E-state index is 0.552. The van der Waals surface area contributed by atoms with Crippen molar-refractivity contribution in [1.29, 1.82) is 0 Å². The van der Waals surface area contributed by atoms with Crippen molar-refractivity contribution in [2.24, 2.45) is 15.7 Å². The van der Waals surface area contributed by atoms with E-state index in [0.717, 1.165) is 60.5 Å². The lowest BCUT2D eigenvalue weighted by atomic mass is 9.99. The lowest BCUT2D eigenvalue weighted by Crippen LogP contribution is -2.54.